The van der Waals surface area contributed by atoms with Crippen LogP contribution < -0.4 is 5.32 Å². The van der Waals surface area contributed by atoms with Gasteiger partial charge in [-0.25, -0.2) is 4.98 Å². The summed E-state index contributed by atoms with van der Waals surface area (Å²) < 4.78 is 0. The van der Waals surface area contributed by atoms with Gasteiger partial charge in [-0.15, -0.1) is 0 Å². The number of nitrogens with zero attached hydrogens (tertiary/aromatic N) is 1. The quantitative estimate of drug-likeness (QED) is 0.812. The first kappa shape index (κ1) is 10.8. The largest absolute Gasteiger partial charge is 0.362 e. The number of hydrogen-bond donors (Lipinski definition) is 1. The molecule has 3 heteroatoms. The minimum Gasteiger partial charge on any atom is -0.362 e. The molecule has 1 N–H and O–H groups in total. The molecule has 1 aliphatic heterocycles. The molecule has 0 radical (unpaired) electrons. The molecule has 1 aromatic carbocycles. The summed E-state index contributed by atoms with van der Waals surface area (Å²) >= 11 is 3.58. The number of anilines is 1. The highest BCUT2D eigenvalue weighted by Gasteiger charge is 2.20. The summed E-state index contributed by atoms with van der Waals surface area (Å²) in [7, 11) is 0. The summed E-state index contributed by atoms with van der Waals surface area (Å²) in [6.07, 6.45) is 2.79. The van der Waals surface area contributed by atoms with Crippen LogP contribution in [0.15, 0.2) is 42.6 Å². The van der Waals surface area contributed by atoms with Crippen molar-refractivity contribution in [3.8, 4) is 0 Å². The molecular weight excluding hydrogens is 276 g/mol. The number of nitrogens with one attached hydrogen (secondary N) is 1. The third kappa shape index (κ3) is 1.95. The Bertz CT molecular complexity index is 539. The van der Waals surface area contributed by atoms with Gasteiger partial charge in [-0.05, 0) is 22.8 Å². The zero-order valence-corrected chi connectivity index (χ0v) is 10.9. The van der Waals surface area contributed by atoms with Gasteiger partial charge in [0.25, 0.3) is 0 Å². The zero-order chi connectivity index (χ0) is 11.7. The lowest BCUT2D eigenvalue weighted by molar-refractivity contribution is 0.893. The van der Waals surface area contributed by atoms with Gasteiger partial charge in [-0.3, -0.25) is 0 Å². The van der Waals surface area contributed by atoms with E-state index in [1.807, 2.05) is 12.3 Å². The monoisotopic (exact) mass is 288 g/mol. The van der Waals surface area contributed by atoms with Crippen molar-refractivity contribution < 1.29 is 0 Å². The highest BCUT2D eigenvalue weighted by Crippen LogP contribution is 2.31. The summed E-state index contributed by atoms with van der Waals surface area (Å²) in [6.45, 7) is 0. The van der Waals surface area contributed by atoms with Gasteiger partial charge in [0, 0.05) is 17.9 Å². The van der Waals surface area contributed by atoms with Crippen molar-refractivity contribution in [1.82, 2.24) is 4.98 Å². The van der Waals surface area contributed by atoms with E-state index >= 15 is 0 Å². The Hall–Kier alpha value is -1.35. The Morgan fingerprint density at radius 2 is 2.00 bits per heavy atom. The minimum atomic E-state index is 0.294. The number of rotatable bonds is 1. The van der Waals surface area contributed by atoms with Gasteiger partial charge in [0.05, 0.1) is 6.04 Å². The van der Waals surface area contributed by atoms with E-state index in [1.54, 1.807) is 0 Å². The van der Waals surface area contributed by atoms with Gasteiger partial charge in [-0.2, -0.15) is 0 Å². The molecule has 0 saturated heterocycles. The van der Waals surface area contributed by atoms with Crippen molar-refractivity contribution in [2.75, 3.05) is 10.6 Å². The molecule has 3 rings (SSSR count). The van der Waals surface area contributed by atoms with Crippen LogP contribution in [0.5, 0.6) is 0 Å². The van der Waals surface area contributed by atoms with Crippen LogP contribution in [0.2, 0.25) is 0 Å². The van der Waals surface area contributed by atoms with Crippen LogP contribution in [0.25, 0.3) is 0 Å². The number of aromatic nitrogens is 1. The summed E-state index contributed by atoms with van der Waals surface area (Å²) in [5.74, 6) is 1.01. The van der Waals surface area contributed by atoms with Crippen molar-refractivity contribution >= 4 is 21.7 Å². The van der Waals surface area contributed by atoms with Crippen LogP contribution in [0.4, 0.5) is 5.82 Å². The number of hydrogen-bond acceptors (Lipinski definition) is 2. The van der Waals surface area contributed by atoms with Crippen molar-refractivity contribution in [2.45, 2.75) is 12.5 Å². The van der Waals surface area contributed by atoms with Crippen LogP contribution >= 0.6 is 15.9 Å². The van der Waals surface area contributed by atoms with E-state index in [-0.39, 0.29) is 0 Å². The maximum absolute atomic E-state index is 4.43. The Balaban J connectivity index is 2.13. The number of halogens is 1. The Kier molecular flexibility index (Phi) is 2.85. The molecule has 0 saturated carbocycles. The lowest BCUT2D eigenvalue weighted by Gasteiger charge is -2.16. The third-order valence-electron chi connectivity index (χ3n) is 3.17. The standard InChI is InChI=1S/C14H13BrN2/c15-9-13-12-6-2-1-4-10(12)8-11-5-3-7-16-14(11)17-13/h1-7,13H,8-9H2,(H,16,17)/t13-/m1/s1. The molecule has 1 aromatic heterocycles. The zero-order valence-electron chi connectivity index (χ0n) is 9.36. The fraction of sp³-hybridized carbons (Fsp3) is 0.214. The summed E-state index contributed by atoms with van der Waals surface area (Å²) in [5.41, 5.74) is 4.02. The molecule has 0 aliphatic carbocycles. The van der Waals surface area contributed by atoms with E-state index in [2.05, 4.69) is 56.6 Å². The molecule has 86 valence electrons. The molecule has 0 bridgehead atoms. The van der Waals surface area contributed by atoms with Crippen molar-refractivity contribution in [3.63, 3.8) is 0 Å². The van der Waals surface area contributed by atoms with Crippen LogP contribution in [0, 0.1) is 0 Å². The summed E-state index contributed by atoms with van der Waals surface area (Å²) in [6, 6.07) is 13.0. The second-order valence-electron chi connectivity index (χ2n) is 4.24. The minimum absolute atomic E-state index is 0.294. The van der Waals surface area contributed by atoms with E-state index in [0.717, 1.165) is 17.6 Å². The molecule has 1 aliphatic rings. The molecule has 0 spiro atoms. The number of pyridine rings is 1. The fourth-order valence-electron chi connectivity index (χ4n) is 2.32. The molecule has 2 nitrogen and oxygen atoms in total. The maximum Gasteiger partial charge on any atom is 0.129 e. The van der Waals surface area contributed by atoms with Gasteiger partial charge in [0.1, 0.15) is 5.82 Å². The van der Waals surface area contributed by atoms with Crippen molar-refractivity contribution in [3.05, 3.63) is 59.3 Å². The van der Waals surface area contributed by atoms with E-state index in [4.69, 9.17) is 0 Å². The lowest BCUT2D eigenvalue weighted by Crippen LogP contribution is -2.12. The highest BCUT2D eigenvalue weighted by atomic mass is 79.9. The smallest absolute Gasteiger partial charge is 0.129 e. The van der Waals surface area contributed by atoms with Gasteiger partial charge in [0.15, 0.2) is 0 Å². The Labute approximate surface area is 109 Å². The van der Waals surface area contributed by atoms with E-state index < -0.39 is 0 Å². The van der Waals surface area contributed by atoms with Crippen LogP contribution in [0.3, 0.4) is 0 Å². The topological polar surface area (TPSA) is 24.9 Å². The van der Waals surface area contributed by atoms with Crippen molar-refractivity contribution in [1.29, 1.82) is 0 Å². The Morgan fingerprint density at radius 1 is 1.18 bits per heavy atom. The van der Waals surface area contributed by atoms with E-state index in [1.165, 1.54) is 16.7 Å². The predicted octanol–water partition coefficient (Wildman–Crippen LogP) is 3.53. The third-order valence-corrected chi connectivity index (χ3v) is 3.82. The molecule has 2 heterocycles. The average molecular weight is 289 g/mol. The molecule has 17 heavy (non-hydrogen) atoms. The average Bonchev–Trinajstić information content (AvgIpc) is 2.54. The number of fused-ring (bicyclic) bond motifs is 2. The molecule has 2 aromatic rings. The number of alkyl halides is 1. The maximum atomic E-state index is 4.43. The van der Waals surface area contributed by atoms with Gasteiger partial charge < -0.3 is 5.32 Å². The molecule has 1 atom stereocenters. The molecular formula is C14H13BrN2. The second-order valence-corrected chi connectivity index (χ2v) is 4.89. The normalized spacial score (nSPS) is 17.6. The number of benzene rings is 1. The van der Waals surface area contributed by atoms with Crippen LogP contribution in [-0.2, 0) is 6.42 Å². The van der Waals surface area contributed by atoms with Crippen molar-refractivity contribution in [2.24, 2.45) is 0 Å². The summed E-state index contributed by atoms with van der Waals surface area (Å²) in [4.78, 5) is 4.43. The van der Waals surface area contributed by atoms with Crippen LogP contribution in [0.1, 0.15) is 22.7 Å². The highest BCUT2D eigenvalue weighted by molar-refractivity contribution is 9.09. The second kappa shape index (κ2) is 4.49. The van der Waals surface area contributed by atoms with Gasteiger partial charge >= 0.3 is 0 Å². The first-order valence-electron chi connectivity index (χ1n) is 5.72. The van der Waals surface area contributed by atoms with Gasteiger partial charge in [0.2, 0.25) is 0 Å². The van der Waals surface area contributed by atoms with E-state index in [0.29, 0.717) is 6.04 Å². The Morgan fingerprint density at radius 3 is 2.88 bits per heavy atom. The molecule has 0 unspecified atom stereocenters. The first-order chi connectivity index (χ1) is 8.38. The molecule has 0 fully saturated rings. The summed E-state index contributed by atoms with van der Waals surface area (Å²) in [5, 5.41) is 4.40. The lowest BCUT2D eigenvalue weighted by atomic mass is 9.98. The molecule has 0 amide bonds. The van der Waals surface area contributed by atoms with Crippen LogP contribution in [-0.4, -0.2) is 10.3 Å². The van der Waals surface area contributed by atoms with E-state index in [9.17, 15) is 0 Å². The predicted molar refractivity (Wildman–Crippen MR) is 73.6 cm³/mol. The fourth-order valence-corrected chi connectivity index (χ4v) is 2.83. The first-order valence-corrected chi connectivity index (χ1v) is 6.85. The van der Waals surface area contributed by atoms with Gasteiger partial charge in [-0.1, -0.05) is 46.3 Å². The SMILES string of the molecule is BrC[C@H]1Nc2ncccc2Cc2ccccc21.